The van der Waals surface area contributed by atoms with Gasteiger partial charge in [0.05, 0.1) is 0 Å². The summed E-state index contributed by atoms with van der Waals surface area (Å²) in [5.41, 5.74) is 2.62. The molecule has 0 unspecified atom stereocenters. The molecule has 20 heavy (non-hydrogen) atoms. The molecule has 1 aromatic carbocycles. The van der Waals surface area contributed by atoms with E-state index in [2.05, 4.69) is 19.1 Å². The Morgan fingerprint density at radius 2 is 2.05 bits per heavy atom. The number of hydrogen-bond donors (Lipinski definition) is 0. The van der Waals surface area contributed by atoms with E-state index >= 15 is 0 Å². The van der Waals surface area contributed by atoms with Gasteiger partial charge >= 0.3 is 0 Å². The van der Waals surface area contributed by atoms with Gasteiger partial charge in [0.2, 0.25) is 0 Å². The van der Waals surface area contributed by atoms with Crippen molar-refractivity contribution >= 4 is 17.5 Å². The van der Waals surface area contributed by atoms with Gasteiger partial charge in [-0.2, -0.15) is 0 Å². The standard InChI is InChI=1S/C17H26O2S/c1-4-16(18)11-7-5-6-9-15-10-8-12-17(14(15)2)19-13-20-3/h8,10,12H,4-7,9,11,13H2,1-3H3. The Morgan fingerprint density at radius 1 is 1.25 bits per heavy atom. The van der Waals surface area contributed by atoms with Crippen LogP contribution in [0.25, 0.3) is 0 Å². The zero-order chi connectivity index (χ0) is 14.8. The van der Waals surface area contributed by atoms with Crippen molar-refractivity contribution in [2.45, 2.75) is 52.4 Å². The van der Waals surface area contributed by atoms with Crippen LogP contribution in [0.5, 0.6) is 5.75 Å². The molecular formula is C17H26O2S. The minimum absolute atomic E-state index is 0.383. The summed E-state index contributed by atoms with van der Waals surface area (Å²) < 4.78 is 5.72. The molecule has 0 saturated carbocycles. The van der Waals surface area contributed by atoms with Crippen molar-refractivity contribution < 1.29 is 9.53 Å². The van der Waals surface area contributed by atoms with Gasteiger partial charge in [0, 0.05) is 12.8 Å². The second kappa shape index (κ2) is 9.87. The molecule has 112 valence electrons. The van der Waals surface area contributed by atoms with Gasteiger partial charge in [0.15, 0.2) is 0 Å². The van der Waals surface area contributed by atoms with Gasteiger partial charge < -0.3 is 4.74 Å². The highest BCUT2D eigenvalue weighted by Gasteiger charge is 2.05. The number of ether oxygens (including phenoxy) is 1. The molecule has 0 bridgehead atoms. The van der Waals surface area contributed by atoms with Crippen LogP contribution in [0, 0.1) is 6.92 Å². The van der Waals surface area contributed by atoms with Crippen molar-refractivity contribution in [3.63, 3.8) is 0 Å². The topological polar surface area (TPSA) is 26.3 Å². The lowest BCUT2D eigenvalue weighted by Gasteiger charge is -2.12. The molecule has 1 aromatic rings. The number of Topliss-reactive ketones (excluding diaryl/α,β-unsaturated/α-hetero) is 1. The normalized spacial score (nSPS) is 10.6. The highest BCUT2D eigenvalue weighted by Crippen LogP contribution is 2.23. The Bertz CT molecular complexity index is 415. The van der Waals surface area contributed by atoms with E-state index in [0.29, 0.717) is 18.1 Å². The molecule has 0 aromatic heterocycles. The first-order chi connectivity index (χ1) is 9.69. The minimum Gasteiger partial charge on any atom is -0.483 e. The molecule has 0 amide bonds. The number of carbonyl (C=O) groups is 1. The van der Waals surface area contributed by atoms with Crippen molar-refractivity contribution in [3.8, 4) is 5.75 Å². The molecular weight excluding hydrogens is 268 g/mol. The zero-order valence-corrected chi connectivity index (χ0v) is 13.7. The maximum Gasteiger partial charge on any atom is 0.133 e. The van der Waals surface area contributed by atoms with E-state index in [0.717, 1.165) is 37.9 Å². The summed E-state index contributed by atoms with van der Waals surface area (Å²) in [4.78, 5) is 11.2. The van der Waals surface area contributed by atoms with Crippen LogP contribution in [-0.4, -0.2) is 18.0 Å². The predicted octanol–water partition coefficient (Wildman–Crippen LogP) is 4.78. The zero-order valence-electron chi connectivity index (χ0n) is 12.9. The summed E-state index contributed by atoms with van der Waals surface area (Å²) in [6.07, 6.45) is 7.82. The van der Waals surface area contributed by atoms with Gasteiger partial charge in [-0.05, 0) is 49.6 Å². The van der Waals surface area contributed by atoms with Gasteiger partial charge in [0.1, 0.15) is 17.5 Å². The van der Waals surface area contributed by atoms with E-state index in [1.54, 1.807) is 11.8 Å². The van der Waals surface area contributed by atoms with E-state index in [1.165, 1.54) is 11.1 Å². The SMILES string of the molecule is CCC(=O)CCCCCc1cccc(OCSC)c1C. The first kappa shape index (κ1) is 17.1. The summed E-state index contributed by atoms with van der Waals surface area (Å²) in [6, 6.07) is 6.28. The van der Waals surface area contributed by atoms with E-state index in [-0.39, 0.29) is 0 Å². The number of unbranched alkanes of at least 4 members (excludes halogenated alkanes) is 2. The van der Waals surface area contributed by atoms with Crippen molar-refractivity contribution in [3.05, 3.63) is 29.3 Å². The smallest absolute Gasteiger partial charge is 0.133 e. The molecule has 0 saturated heterocycles. The highest BCUT2D eigenvalue weighted by atomic mass is 32.2. The Kier molecular flexibility index (Phi) is 8.43. The summed E-state index contributed by atoms with van der Waals surface area (Å²) in [5, 5.41) is 0. The van der Waals surface area contributed by atoms with E-state index in [4.69, 9.17) is 4.74 Å². The van der Waals surface area contributed by atoms with Crippen LogP contribution in [0.1, 0.15) is 50.2 Å². The largest absolute Gasteiger partial charge is 0.483 e. The molecule has 0 N–H and O–H groups in total. The Morgan fingerprint density at radius 3 is 2.75 bits per heavy atom. The third kappa shape index (κ3) is 6.00. The van der Waals surface area contributed by atoms with Crippen LogP contribution >= 0.6 is 11.8 Å². The summed E-state index contributed by atoms with van der Waals surface area (Å²) >= 11 is 1.69. The van der Waals surface area contributed by atoms with E-state index in [9.17, 15) is 4.79 Å². The van der Waals surface area contributed by atoms with Crippen LogP contribution in [0.4, 0.5) is 0 Å². The minimum atomic E-state index is 0.383. The van der Waals surface area contributed by atoms with Crippen LogP contribution in [0.2, 0.25) is 0 Å². The molecule has 0 aliphatic heterocycles. The highest BCUT2D eigenvalue weighted by molar-refractivity contribution is 7.98. The third-order valence-corrected chi connectivity index (χ3v) is 3.88. The molecule has 0 aliphatic carbocycles. The van der Waals surface area contributed by atoms with E-state index < -0.39 is 0 Å². The number of rotatable bonds is 10. The average Bonchev–Trinajstić information content (AvgIpc) is 2.47. The molecule has 0 atom stereocenters. The van der Waals surface area contributed by atoms with Gasteiger partial charge in [0.25, 0.3) is 0 Å². The lowest BCUT2D eigenvalue weighted by atomic mass is 10.0. The maximum absolute atomic E-state index is 11.2. The molecule has 0 heterocycles. The molecule has 2 nitrogen and oxygen atoms in total. The molecule has 0 aliphatic rings. The summed E-state index contributed by atoms with van der Waals surface area (Å²) in [5.74, 6) is 2.08. The van der Waals surface area contributed by atoms with Crippen LogP contribution in [-0.2, 0) is 11.2 Å². The number of aryl methyl sites for hydroxylation is 1. The quantitative estimate of drug-likeness (QED) is 0.459. The Hall–Kier alpha value is -0.960. The van der Waals surface area contributed by atoms with Gasteiger partial charge in [-0.15, -0.1) is 11.8 Å². The number of thioether (sulfide) groups is 1. The molecule has 0 spiro atoms. The Labute approximate surface area is 127 Å². The van der Waals surface area contributed by atoms with Crippen molar-refractivity contribution in [1.82, 2.24) is 0 Å². The molecule has 3 heteroatoms. The average molecular weight is 294 g/mol. The van der Waals surface area contributed by atoms with Gasteiger partial charge in [-0.25, -0.2) is 0 Å². The van der Waals surface area contributed by atoms with E-state index in [1.807, 2.05) is 19.2 Å². The molecule has 0 radical (unpaired) electrons. The van der Waals surface area contributed by atoms with Crippen LogP contribution < -0.4 is 4.74 Å². The van der Waals surface area contributed by atoms with Crippen molar-refractivity contribution in [2.75, 3.05) is 12.2 Å². The fourth-order valence-corrected chi connectivity index (χ4v) is 2.45. The van der Waals surface area contributed by atoms with Gasteiger partial charge in [-0.1, -0.05) is 25.5 Å². The summed E-state index contributed by atoms with van der Waals surface area (Å²) in [6.45, 7) is 4.07. The number of hydrogen-bond acceptors (Lipinski definition) is 3. The maximum atomic E-state index is 11.2. The first-order valence-corrected chi connectivity index (χ1v) is 8.80. The lowest BCUT2D eigenvalue weighted by Crippen LogP contribution is -1.98. The lowest BCUT2D eigenvalue weighted by molar-refractivity contribution is -0.118. The van der Waals surface area contributed by atoms with Crippen molar-refractivity contribution in [1.29, 1.82) is 0 Å². The first-order valence-electron chi connectivity index (χ1n) is 7.41. The van der Waals surface area contributed by atoms with Crippen molar-refractivity contribution in [2.24, 2.45) is 0 Å². The monoisotopic (exact) mass is 294 g/mol. The summed E-state index contributed by atoms with van der Waals surface area (Å²) in [7, 11) is 0. The Balaban J connectivity index is 2.38. The van der Waals surface area contributed by atoms with Crippen LogP contribution in [0.3, 0.4) is 0 Å². The molecule has 0 fully saturated rings. The second-order valence-corrected chi connectivity index (χ2v) is 5.86. The number of benzene rings is 1. The van der Waals surface area contributed by atoms with Crippen LogP contribution in [0.15, 0.2) is 18.2 Å². The predicted molar refractivity (Wildman–Crippen MR) is 87.7 cm³/mol. The number of carbonyl (C=O) groups excluding carboxylic acids is 1. The number of ketones is 1. The fourth-order valence-electron chi connectivity index (χ4n) is 2.20. The second-order valence-electron chi connectivity index (χ2n) is 5.04. The fraction of sp³-hybridized carbons (Fsp3) is 0.588. The third-order valence-electron chi connectivity index (χ3n) is 3.52. The van der Waals surface area contributed by atoms with Gasteiger partial charge in [-0.3, -0.25) is 4.79 Å². The molecule has 1 rings (SSSR count).